The third-order valence-electron chi connectivity index (χ3n) is 26.9. The number of carboxylic acids is 1. The molecule has 14 aromatic carbocycles. The number of aromatic carboxylic acids is 1. The minimum absolute atomic E-state index is 0. The fourth-order valence-electron chi connectivity index (χ4n) is 19.9. The molecule has 0 aliphatic heterocycles. The molecule has 0 amide bonds. The quantitative estimate of drug-likeness (QED) is 0.0628. The number of aromatic nitrogens is 7. The van der Waals surface area contributed by atoms with Crippen molar-refractivity contribution in [3.63, 3.8) is 0 Å². The number of ketones is 1. The Hall–Kier alpha value is -15.5. The third-order valence-corrected chi connectivity index (χ3v) is 27.2. The van der Waals surface area contributed by atoms with E-state index >= 15 is 0 Å². The van der Waals surface area contributed by atoms with Crippen molar-refractivity contribution in [3.05, 3.63) is 459 Å². The second-order valence-corrected chi connectivity index (χ2v) is 36.0. The molecule has 697 valence electrons. The number of phenols is 1. The van der Waals surface area contributed by atoms with Gasteiger partial charge in [0.2, 0.25) is 0 Å². The molecule has 4 aliphatic rings. The van der Waals surface area contributed by atoms with Gasteiger partial charge in [0, 0.05) is 131 Å². The molecule has 0 bridgehead atoms. The predicted molar refractivity (Wildman–Crippen MR) is 588 cm³/mol. The first kappa shape index (κ1) is 102. The van der Waals surface area contributed by atoms with Crippen molar-refractivity contribution in [2.24, 2.45) is 0 Å². The maximum atomic E-state index is 12.4. The van der Waals surface area contributed by atoms with E-state index in [1.165, 1.54) is 98.9 Å². The van der Waals surface area contributed by atoms with Crippen molar-refractivity contribution in [1.82, 2.24) is 34.9 Å². The topological polar surface area (TPSA) is 242 Å². The Morgan fingerprint density at radius 2 is 0.741 bits per heavy atom. The number of hydrogen-bond donors (Lipinski definition) is 3. The summed E-state index contributed by atoms with van der Waals surface area (Å²) in [5.41, 5.74) is 29.4. The fraction of sp³-hybridized carbons (Fsp3) is 0.114. The van der Waals surface area contributed by atoms with E-state index in [4.69, 9.17) is 26.5 Å². The van der Waals surface area contributed by atoms with Gasteiger partial charge in [0.05, 0.1) is 50.9 Å². The van der Waals surface area contributed by atoms with Gasteiger partial charge in [-0.25, -0.2) is 9.78 Å². The van der Waals surface area contributed by atoms with Crippen LogP contribution in [0.2, 0.25) is 5.15 Å². The van der Waals surface area contributed by atoms with Gasteiger partial charge in [0.25, 0.3) is 0 Å². The van der Waals surface area contributed by atoms with Crippen LogP contribution in [0.4, 0.5) is 0 Å². The van der Waals surface area contributed by atoms with Gasteiger partial charge in [0.1, 0.15) is 28.8 Å². The number of carbonyl (C=O) groups is 2. The first-order valence-electron chi connectivity index (χ1n) is 46.2. The first-order chi connectivity index (χ1) is 68.5. The number of nitriles is 2. The second-order valence-electron chi connectivity index (χ2n) is 35.6. The monoisotopic (exact) mass is 2080 g/mol. The maximum absolute atomic E-state index is 12.4. The SMILES string of the molecule is CC1(C)c2cccnc2-c2c1cc1ccccc1c2O.CI.Cc1c(-c2ncccc2C#N)ccc2ccccc12.Cc1c(-c2ncccc2C(=O)O)ccc2ccccc12.Cc1c(O[B]O)ccc2ccccc12.Cc1c2c(cc3ccccc13)C(=O)c1cccnc1-2.Cc1c2c(cc3ccccc13)C(C)(C)c1cccnc1-2.Cc1c2c(cc3ccccc13)Cc1cccnc1-2.N#Cc1cccnc1Cl.[Be+2].[Pd]. The second kappa shape index (κ2) is 44.6. The minimum atomic E-state index is -0.958. The average molecular weight is 2090 g/mol. The van der Waals surface area contributed by atoms with Crippen LogP contribution in [0.5, 0.6) is 11.5 Å². The van der Waals surface area contributed by atoms with E-state index in [0.717, 1.165) is 123 Å². The van der Waals surface area contributed by atoms with Crippen LogP contribution >= 0.6 is 34.2 Å². The van der Waals surface area contributed by atoms with Crippen LogP contribution in [0.3, 0.4) is 0 Å². The molecule has 3 N–H and O–H groups in total. The van der Waals surface area contributed by atoms with E-state index < -0.39 is 5.97 Å². The van der Waals surface area contributed by atoms with Gasteiger partial charge in [-0.1, -0.05) is 286 Å². The van der Waals surface area contributed by atoms with Gasteiger partial charge in [-0.05, 0) is 274 Å². The Labute approximate surface area is 868 Å². The largest absolute Gasteiger partial charge is 2.00 e. The van der Waals surface area contributed by atoms with E-state index in [9.17, 15) is 25.1 Å². The van der Waals surface area contributed by atoms with Gasteiger partial charge in [-0.3, -0.25) is 34.7 Å². The summed E-state index contributed by atoms with van der Waals surface area (Å²) < 4.78 is 4.98. The first-order valence-corrected chi connectivity index (χ1v) is 48.7. The molecule has 0 fully saturated rings. The number of carboxylic acid groups (broad SMARTS) is 1. The molecule has 15 nitrogen and oxygen atoms in total. The molecular weight excluding hydrogens is 1990 g/mol. The number of hydrogen-bond acceptors (Lipinski definition) is 14. The molecular formula is C123H97BBeClIN9O6Pd+2. The summed E-state index contributed by atoms with van der Waals surface area (Å²) in [6, 6.07) is 109. The number of alkyl halides is 1. The van der Waals surface area contributed by atoms with Crippen LogP contribution in [0.15, 0.2) is 359 Å². The van der Waals surface area contributed by atoms with Crippen LogP contribution in [0.25, 0.3) is 143 Å². The number of fused-ring (bicyclic) bond motifs is 19. The molecule has 20 heteroatoms. The zero-order valence-corrected chi connectivity index (χ0v) is 85.2. The summed E-state index contributed by atoms with van der Waals surface area (Å²) in [7, 11) is 0.705. The van der Waals surface area contributed by atoms with Crippen LogP contribution in [-0.2, 0) is 37.7 Å². The maximum Gasteiger partial charge on any atom is 2.00 e. The predicted octanol–water partition coefficient (Wildman–Crippen LogP) is 29.3. The van der Waals surface area contributed by atoms with Crippen molar-refractivity contribution in [1.29, 1.82) is 10.5 Å². The third kappa shape index (κ3) is 20.1. The van der Waals surface area contributed by atoms with Crippen molar-refractivity contribution in [2.45, 2.75) is 86.5 Å². The number of halogens is 2. The van der Waals surface area contributed by atoms with E-state index in [0.29, 0.717) is 36.0 Å². The van der Waals surface area contributed by atoms with Crippen LogP contribution in [0.1, 0.15) is 132 Å². The smallest absolute Gasteiger partial charge is 0.537 e. The Kier molecular flexibility index (Phi) is 31.8. The standard InChI is InChI=1S/C19H17N.C18H15NO.C17H12N2.C17H13NO2.C17H11NO.C17H13N.C11H10BO2.C6H3ClN2.CH3I.Be.Pd/c1-12-14-8-5-4-7-13(14)11-16-17(12)18-15(19(16,2)3)9-6-10-20-18;1-18(2)13-8-5-9-19-16(13)15-14(18)10-11-6-3-4-7-12(11)17(15)20;1-12-15-7-3-2-5-13(15)8-9-16(12)17-14(11-18)6-4-10-19-17;1-11-13-6-3-2-5-12(13)8-9-14(11)16-15(17(19)20)7-4-10-18-16;1-10-12-6-3-2-5-11(12)9-14-15(10)16-13(17(14)19)7-4-8-18-16;1-11-15-7-3-2-5-12(15)9-14-10-13-6-4-8-18-17(13)16(11)14;1-8-10-5-3-2-4-9(10)6-7-11(8)14-12-13;7-6-5(4-8)2-1-3-9-6;1-2;;/h4-11H,1-3H3;3-10,20H,1-2H3;2-10H,1H3;2-10H,1H3,(H,19,20);2-9H,1H3;2-9H,10H2,1H3;2-7,13H,1H3;1-3H;1H3;;/q;;;;;;;;;+2;. The molecule has 4 aliphatic carbocycles. The van der Waals surface area contributed by atoms with Gasteiger partial charge in [-0.15, -0.1) is 0 Å². The number of carbonyl (C=O) groups excluding carboxylic acids is 1. The normalized spacial score (nSPS) is 11.9. The Bertz CT molecular complexity index is 8440. The molecule has 143 heavy (non-hydrogen) atoms. The van der Waals surface area contributed by atoms with E-state index in [2.05, 4.69) is 234 Å². The summed E-state index contributed by atoms with van der Waals surface area (Å²) in [5, 5.41) is 63.0. The number of rotatable bonds is 5. The zero-order chi connectivity index (χ0) is 98.9. The van der Waals surface area contributed by atoms with E-state index in [1.807, 2.05) is 201 Å². The summed E-state index contributed by atoms with van der Waals surface area (Å²) >= 11 is 7.64. The number of aryl methyl sites for hydroxylation is 6. The van der Waals surface area contributed by atoms with Crippen molar-refractivity contribution in [2.75, 3.05) is 4.93 Å². The summed E-state index contributed by atoms with van der Waals surface area (Å²) in [4.78, 5) is 56.2. The van der Waals surface area contributed by atoms with Gasteiger partial charge < -0.3 is 19.9 Å². The van der Waals surface area contributed by atoms with E-state index in [-0.39, 0.29) is 57.9 Å². The van der Waals surface area contributed by atoms with Crippen molar-refractivity contribution in [3.8, 4) is 91.2 Å². The number of phenolic OH excluding ortho intramolecular Hbond substituents is 1. The van der Waals surface area contributed by atoms with E-state index in [1.54, 1.807) is 67.4 Å². The number of pyridine rings is 7. The Balaban J connectivity index is 0.000000123. The number of aromatic hydroxyl groups is 1. The molecule has 0 saturated heterocycles. The summed E-state index contributed by atoms with van der Waals surface area (Å²) in [6.45, 7) is 21.5. The molecule has 21 aromatic rings. The molecule has 1 radical (unpaired) electrons. The van der Waals surface area contributed by atoms with Gasteiger partial charge in [0.15, 0.2) is 5.78 Å². The van der Waals surface area contributed by atoms with Crippen LogP contribution in [-0.4, -0.2) is 84.6 Å². The fourth-order valence-corrected chi connectivity index (χ4v) is 20.0. The molecule has 0 unspecified atom stereocenters. The minimum Gasteiger partial charge on any atom is -0.537 e. The molecule has 25 rings (SSSR count). The number of nitrogens with zero attached hydrogens (tertiary/aromatic N) is 9. The van der Waals surface area contributed by atoms with Gasteiger partial charge >= 0.3 is 23.8 Å². The van der Waals surface area contributed by atoms with Crippen LogP contribution in [0, 0.1) is 64.2 Å². The van der Waals surface area contributed by atoms with Crippen molar-refractivity contribution >= 4 is 139 Å². The summed E-state index contributed by atoms with van der Waals surface area (Å²) in [6.07, 6.45) is 13.2. The Morgan fingerprint density at radius 3 is 1.25 bits per heavy atom. The molecule has 0 saturated carbocycles. The Morgan fingerprint density at radius 1 is 0.364 bits per heavy atom. The van der Waals surface area contributed by atoms with Gasteiger partial charge in [-0.2, -0.15) is 10.5 Å². The molecule has 7 heterocycles. The molecule has 0 spiro atoms. The summed E-state index contributed by atoms with van der Waals surface area (Å²) in [5.74, 6) is 0.169. The molecule has 7 aromatic heterocycles. The van der Waals surface area contributed by atoms with Crippen molar-refractivity contribution < 1.29 is 49.9 Å². The molecule has 0 atom stereocenters. The van der Waals surface area contributed by atoms with Crippen LogP contribution < -0.4 is 4.65 Å². The average Bonchev–Trinajstić information content (AvgIpc) is 1.56. The number of benzene rings is 14. The zero-order valence-electron chi connectivity index (χ0n) is 80.7.